The number of hydrogen-bond donors (Lipinski definition) is 2. The van der Waals surface area contributed by atoms with Gasteiger partial charge >= 0.3 is 5.76 Å². The quantitative estimate of drug-likeness (QED) is 0.776. The van der Waals surface area contributed by atoms with Gasteiger partial charge in [0.1, 0.15) is 5.82 Å². The number of anilines is 1. The maximum absolute atomic E-state index is 13.6. The standard InChI is InChI=1S/C14H10ClFN2O2/c15-9-1-3-11(16)8(5-9)7-17-10-2-4-13-12(6-10)18-14(19)20-13/h1-6,17H,7H2,(H,18,19). The minimum absolute atomic E-state index is 0.292. The minimum atomic E-state index is -0.502. The van der Waals surface area contributed by atoms with Gasteiger partial charge in [0.2, 0.25) is 0 Å². The molecule has 3 aromatic rings. The smallest absolute Gasteiger partial charge is 0.408 e. The molecule has 0 radical (unpaired) electrons. The van der Waals surface area contributed by atoms with E-state index in [0.29, 0.717) is 28.2 Å². The fourth-order valence-corrected chi connectivity index (χ4v) is 2.13. The van der Waals surface area contributed by atoms with E-state index in [9.17, 15) is 9.18 Å². The number of benzene rings is 2. The summed E-state index contributed by atoms with van der Waals surface area (Å²) in [5.41, 5.74) is 2.29. The molecule has 20 heavy (non-hydrogen) atoms. The molecule has 0 fully saturated rings. The normalized spacial score (nSPS) is 10.9. The number of nitrogens with one attached hydrogen (secondary N) is 2. The number of H-pyrrole nitrogens is 1. The average molecular weight is 293 g/mol. The molecule has 0 saturated carbocycles. The average Bonchev–Trinajstić information content (AvgIpc) is 2.79. The summed E-state index contributed by atoms with van der Waals surface area (Å²) in [4.78, 5) is 13.6. The third kappa shape index (κ3) is 2.53. The van der Waals surface area contributed by atoms with E-state index in [1.807, 2.05) is 0 Å². The summed E-state index contributed by atoms with van der Waals surface area (Å²) in [6.45, 7) is 0.292. The van der Waals surface area contributed by atoms with Crippen LogP contribution in [0.2, 0.25) is 5.02 Å². The molecular weight excluding hydrogens is 283 g/mol. The van der Waals surface area contributed by atoms with E-state index in [-0.39, 0.29) is 5.82 Å². The first-order valence-corrected chi connectivity index (χ1v) is 6.30. The third-order valence-electron chi connectivity index (χ3n) is 2.91. The molecule has 0 unspecified atom stereocenters. The van der Waals surface area contributed by atoms with E-state index in [1.54, 1.807) is 24.3 Å². The van der Waals surface area contributed by atoms with Crippen molar-refractivity contribution in [3.8, 4) is 0 Å². The molecule has 0 spiro atoms. The Hall–Kier alpha value is -2.27. The number of fused-ring (bicyclic) bond motifs is 1. The number of aromatic nitrogens is 1. The lowest BCUT2D eigenvalue weighted by atomic mass is 10.2. The predicted molar refractivity (Wildman–Crippen MR) is 75.6 cm³/mol. The molecule has 102 valence electrons. The maximum Gasteiger partial charge on any atom is 0.417 e. The maximum atomic E-state index is 13.6. The van der Waals surface area contributed by atoms with Gasteiger partial charge in [-0.15, -0.1) is 0 Å². The van der Waals surface area contributed by atoms with Crippen LogP contribution < -0.4 is 11.1 Å². The first kappa shape index (κ1) is 12.7. The second kappa shape index (κ2) is 5.02. The predicted octanol–water partition coefficient (Wildman–Crippen LogP) is 3.53. The molecule has 6 heteroatoms. The monoisotopic (exact) mass is 292 g/mol. The van der Waals surface area contributed by atoms with E-state index >= 15 is 0 Å². The van der Waals surface area contributed by atoms with Crippen molar-refractivity contribution >= 4 is 28.4 Å². The summed E-state index contributed by atoms with van der Waals surface area (Å²) >= 11 is 5.83. The van der Waals surface area contributed by atoms with Gasteiger partial charge < -0.3 is 9.73 Å². The zero-order chi connectivity index (χ0) is 14.1. The van der Waals surface area contributed by atoms with Crippen molar-refractivity contribution in [3.05, 3.63) is 63.4 Å². The summed E-state index contributed by atoms with van der Waals surface area (Å²) in [5, 5.41) is 3.55. The zero-order valence-corrected chi connectivity index (χ0v) is 11.0. The minimum Gasteiger partial charge on any atom is -0.408 e. The molecule has 0 aliphatic rings. The largest absolute Gasteiger partial charge is 0.417 e. The molecule has 2 aromatic carbocycles. The Morgan fingerprint density at radius 1 is 1.25 bits per heavy atom. The molecule has 0 amide bonds. The number of oxazole rings is 1. The van der Waals surface area contributed by atoms with E-state index in [4.69, 9.17) is 16.0 Å². The molecule has 0 atom stereocenters. The van der Waals surface area contributed by atoms with Gasteiger partial charge in [-0.1, -0.05) is 11.6 Å². The van der Waals surface area contributed by atoms with Crippen molar-refractivity contribution in [2.45, 2.75) is 6.54 Å². The number of aromatic amines is 1. The van der Waals surface area contributed by atoms with Gasteiger partial charge in [-0.05, 0) is 36.4 Å². The second-order valence-electron chi connectivity index (χ2n) is 4.31. The number of rotatable bonds is 3. The van der Waals surface area contributed by atoms with Crippen LogP contribution in [0.4, 0.5) is 10.1 Å². The van der Waals surface area contributed by atoms with Gasteiger partial charge in [0.25, 0.3) is 0 Å². The van der Waals surface area contributed by atoms with Crippen LogP contribution in [0, 0.1) is 5.82 Å². The fraction of sp³-hybridized carbons (Fsp3) is 0.0714. The summed E-state index contributed by atoms with van der Waals surface area (Å²) in [6, 6.07) is 9.55. The van der Waals surface area contributed by atoms with Crippen LogP contribution in [0.1, 0.15) is 5.56 Å². The van der Waals surface area contributed by atoms with Gasteiger partial charge in [-0.2, -0.15) is 0 Å². The Morgan fingerprint density at radius 2 is 2.10 bits per heavy atom. The summed E-state index contributed by atoms with van der Waals surface area (Å²) in [6.07, 6.45) is 0. The highest BCUT2D eigenvalue weighted by Gasteiger charge is 2.05. The van der Waals surface area contributed by atoms with Gasteiger partial charge in [0.15, 0.2) is 5.58 Å². The lowest BCUT2D eigenvalue weighted by Gasteiger charge is -2.07. The number of hydrogen-bond acceptors (Lipinski definition) is 3. The molecule has 1 heterocycles. The summed E-state index contributed by atoms with van der Waals surface area (Å²) in [7, 11) is 0. The Kier molecular flexibility index (Phi) is 3.20. The fourth-order valence-electron chi connectivity index (χ4n) is 1.94. The van der Waals surface area contributed by atoms with Crippen LogP contribution in [0.3, 0.4) is 0 Å². The number of halogens is 2. The van der Waals surface area contributed by atoms with Crippen molar-refractivity contribution < 1.29 is 8.81 Å². The highest BCUT2D eigenvalue weighted by molar-refractivity contribution is 6.30. The van der Waals surface area contributed by atoms with Gasteiger partial charge in [-0.25, -0.2) is 9.18 Å². The Labute approximate surface area is 118 Å². The summed E-state index contributed by atoms with van der Waals surface area (Å²) < 4.78 is 18.5. The van der Waals surface area contributed by atoms with E-state index in [2.05, 4.69) is 10.3 Å². The van der Waals surface area contributed by atoms with E-state index < -0.39 is 5.76 Å². The third-order valence-corrected chi connectivity index (χ3v) is 3.14. The SMILES string of the molecule is O=c1[nH]c2cc(NCc3cc(Cl)ccc3F)ccc2o1. The summed E-state index contributed by atoms with van der Waals surface area (Å²) in [5.74, 6) is -0.822. The molecule has 0 aliphatic carbocycles. The van der Waals surface area contributed by atoms with Crippen LogP contribution in [0.15, 0.2) is 45.6 Å². The highest BCUT2D eigenvalue weighted by Crippen LogP contribution is 2.19. The van der Waals surface area contributed by atoms with Crippen molar-refractivity contribution in [3.63, 3.8) is 0 Å². The van der Waals surface area contributed by atoms with Crippen LogP contribution in [-0.4, -0.2) is 4.98 Å². The molecule has 0 saturated heterocycles. The van der Waals surface area contributed by atoms with Crippen LogP contribution in [0.5, 0.6) is 0 Å². The topological polar surface area (TPSA) is 58.0 Å². The van der Waals surface area contributed by atoms with Gasteiger partial charge in [0, 0.05) is 22.8 Å². The van der Waals surface area contributed by atoms with E-state index in [0.717, 1.165) is 5.69 Å². The van der Waals surface area contributed by atoms with Crippen molar-refractivity contribution in [1.29, 1.82) is 0 Å². The van der Waals surface area contributed by atoms with Crippen LogP contribution in [-0.2, 0) is 6.54 Å². The lowest BCUT2D eigenvalue weighted by molar-refractivity contribution is 0.555. The highest BCUT2D eigenvalue weighted by atomic mass is 35.5. The lowest BCUT2D eigenvalue weighted by Crippen LogP contribution is -2.01. The van der Waals surface area contributed by atoms with Crippen molar-refractivity contribution in [2.75, 3.05) is 5.32 Å². The molecular formula is C14H10ClFN2O2. The van der Waals surface area contributed by atoms with Gasteiger partial charge in [0.05, 0.1) is 5.52 Å². The van der Waals surface area contributed by atoms with Crippen LogP contribution >= 0.6 is 11.6 Å². The zero-order valence-electron chi connectivity index (χ0n) is 10.2. The Balaban J connectivity index is 1.82. The Morgan fingerprint density at radius 3 is 2.95 bits per heavy atom. The molecule has 4 nitrogen and oxygen atoms in total. The Bertz CT molecular complexity index is 825. The van der Waals surface area contributed by atoms with Gasteiger partial charge in [-0.3, -0.25) is 4.98 Å². The van der Waals surface area contributed by atoms with Crippen molar-refractivity contribution in [2.24, 2.45) is 0 Å². The molecule has 0 aliphatic heterocycles. The molecule has 2 N–H and O–H groups in total. The van der Waals surface area contributed by atoms with E-state index in [1.165, 1.54) is 12.1 Å². The first-order chi connectivity index (χ1) is 9.61. The molecule has 3 rings (SSSR count). The van der Waals surface area contributed by atoms with Crippen LogP contribution in [0.25, 0.3) is 11.1 Å². The van der Waals surface area contributed by atoms with Crippen molar-refractivity contribution in [1.82, 2.24) is 4.98 Å². The molecule has 1 aromatic heterocycles. The molecule has 0 bridgehead atoms. The second-order valence-corrected chi connectivity index (χ2v) is 4.75. The first-order valence-electron chi connectivity index (χ1n) is 5.92.